The number of rotatable bonds is 12. The fourth-order valence-electron chi connectivity index (χ4n) is 9.15. The van der Waals surface area contributed by atoms with E-state index < -0.39 is 65.6 Å². The second-order valence-corrected chi connectivity index (χ2v) is 19.1. The van der Waals surface area contributed by atoms with E-state index in [0.717, 1.165) is 22.9 Å². The summed E-state index contributed by atoms with van der Waals surface area (Å²) in [7, 11) is 0. The quantitative estimate of drug-likeness (QED) is 0.184. The molecule has 4 fully saturated rings. The van der Waals surface area contributed by atoms with Gasteiger partial charge in [-0.2, -0.15) is 23.5 Å². The minimum absolute atomic E-state index is 0.0457. The third-order valence-electron chi connectivity index (χ3n) is 12.7. The number of aliphatic carboxylic acids is 1. The highest BCUT2D eigenvalue weighted by molar-refractivity contribution is 7.99. The van der Waals surface area contributed by atoms with Gasteiger partial charge in [0.2, 0.25) is 5.91 Å². The lowest BCUT2D eigenvalue weighted by Gasteiger charge is -2.36. The Morgan fingerprint density at radius 2 is 0.986 bits per heavy atom. The number of carbonyl (C=O) groups is 8. The van der Waals surface area contributed by atoms with Crippen molar-refractivity contribution in [2.24, 2.45) is 0 Å². The average molecular weight is 1040 g/mol. The van der Waals surface area contributed by atoms with Crippen LogP contribution in [0.5, 0.6) is 0 Å². The van der Waals surface area contributed by atoms with Crippen LogP contribution in [0, 0.1) is 11.6 Å². The van der Waals surface area contributed by atoms with Gasteiger partial charge in [0.15, 0.2) is 0 Å². The van der Waals surface area contributed by atoms with Gasteiger partial charge in [0, 0.05) is 52.4 Å². The molecule has 6 heterocycles. The molecule has 0 aromatic heterocycles. The maximum absolute atomic E-state index is 15.1. The highest BCUT2D eigenvalue weighted by Gasteiger charge is 2.43. The van der Waals surface area contributed by atoms with Gasteiger partial charge in [-0.15, -0.1) is 0 Å². The van der Waals surface area contributed by atoms with Crippen LogP contribution in [0.25, 0.3) is 0 Å². The molecule has 73 heavy (non-hydrogen) atoms. The number of imide groups is 2. The van der Waals surface area contributed by atoms with Crippen LogP contribution in [-0.2, 0) is 19.1 Å². The number of nitrogens with one attached hydrogen (secondary N) is 1. The fourth-order valence-corrected chi connectivity index (χ4v) is 9.83. The molecule has 0 saturated carbocycles. The summed E-state index contributed by atoms with van der Waals surface area (Å²) in [5.41, 5.74) is 2.97. The van der Waals surface area contributed by atoms with Crippen molar-refractivity contribution in [3.05, 3.63) is 119 Å². The molecule has 0 radical (unpaired) electrons. The van der Waals surface area contributed by atoms with E-state index in [-0.39, 0.29) is 37.8 Å². The largest absolute Gasteiger partial charge is 0.481 e. The molecule has 4 aromatic rings. The molecule has 23 heteroatoms. The first kappa shape index (κ1) is 52.1. The van der Waals surface area contributed by atoms with Gasteiger partial charge in [-0.1, -0.05) is 24.3 Å². The van der Waals surface area contributed by atoms with Crippen molar-refractivity contribution in [2.45, 2.75) is 12.2 Å². The van der Waals surface area contributed by atoms with E-state index in [0.29, 0.717) is 90.0 Å². The monoisotopic (exact) mass is 1040 g/mol. The number of hydrogen-bond donors (Lipinski definition) is 2. The number of anilines is 4. The number of carboxylic acids is 1. The predicted octanol–water partition coefficient (Wildman–Crippen LogP) is 4.75. The van der Waals surface area contributed by atoms with Crippen LogP contribution in [-0.4, -0.2) is 182 Å². The Balaban J connectivity index is 0.000000177. The molecule has 10 rings (SSSR count). The molecule has 6 aliphatic rings. The van der Waals surface area contributed by atoms with Gasteiger partial charge in [0.05, 0.1) is 82.7 Å². The Morgan fingerprint density at radius 1 is 0.589 bits per heavy atom. The zero-order chi connectivity index (χ0) is 51.9. The minimum atomic E-state index is -0.748. The number of hydrogen-bond acceptors (Lipinski definition) is 15. The van der Waals surface area contributed by atoms with Crippen LogP contribution in [0.2, 0.25) is 0 Å². The van der Waals surface area contributed by atoms with Crippen LogP contribution < -0.4 is 24.9 Å². The number of benzene rings is 4. The van der Waals surface area contributed by atoms with Crippen molar-refractivity contribution in [1.82, 2.24) is 20.0 Å². The number of amides is 7. The Labute approximate surface area is 427 Å². The molecule has 0 bridgehead atoms. The van der Waals surface area contributed by atoms with Crippen molar-refractivity contribution >= 4 is 94.0 Å². The number of fused-ring (bicyclic) bond motifs is 2. The Hall–Kier alpha value is -7.24. The second kappa shape index (κ2) is 23.1. The summed E-state index contributed by atoms with van der Waals surface area (Å²) < 4.78 is 40.6. The molecule has 7 amide bonds. The van der Waals surface area contributed by atoms with Crippen LogP contribution in [0.1, 0.15) is 41.4 Å². The van der Waals surface area contributed by atoms with Crippen LogP contribution in [0.15, 0.2) is 84.9 Å². The van der Waals surface area contributed by atoms with Gasteiger partial charge < -0.3 is 34.6 Å². The van der Waals surface area contributed by atoms with Crippen molar-refractivity contribution in [2.75, 3.05) is 122 Å². The summed E-state index contributed by atoms with van der Waals surface area (Å²) in [6, 6.07) is 22.4. The van der Waals surface area contributed by atoms with E-state index in [9.17, 15) is 42.7 Å². The van der Waals surface area contributed by atoms with Gasteiger partial charge in [0.1, 0.15) is 23.8 Å². The number of ether oxygens (including phenoxy) is 2. The van der Waals surface area contributed by atoms with E-state index in [2.05, 4.69) is 5.32 Å². The van der Waals surface area contributed by atoms with Crippen LogP contribution in [0.4, 0.5) is 41.1 Å². The van der Waals surface area contributed by atoms with Gasteiger partial charge in [-0.25, -0.2) is 18.4 Å². The number of cyclic esters (lactones) is 2. The topological polar surface area (TPSA) is 210 Å². The SMILES string of the molecule is CSCC(=O)N1CCN(c2ccc(N3C[C@H](CN4C(=O)c5ccccc5C4=O)OC3=O)cc2F)CC1.CSCC(=O)O.O=C1c2ccccc2C(=O)N1C[C@H]1CN(c2ccc(N3CCNCC3)c(F)c2)C(=O)O1. The third-order valence-corrected chi connectivity index (χ3v) is 13.8. The summed E-state index contributed by atoms with van der Waals surface area (Å²) in [6.07, 6.45) is 0.933. The normalized spacial score (nSPS) is 19.3. The first-order valence-corrected chi connectivity index (χ1v) is 26.1. The van der Waals surface area contributed by atoms with Crippen LogP contribution in [0.3, 0.4) is 0 Å². The Bertz CT molecular complexity index is 2740. The molecule has 384 valence electrons. The zero-order valence-electron chi connectivity index (χ0n) is 39.9. The lowest BCUT2D eigenvalue weighted by atomic mass is 10.1. The minimum Gasteiger partial charge on any atom is -0.481 e. The maximum Gasteiger partial charge on any atom is 0.414 e. The molecular formula is C50H52F2N8O11S2. The van der Waals surface area contributed by atoms with Crippen molar-refractivity contribution in [1.29, 1.82) is 0 Å². The Morgan fingerprint density at radius 3 is 1.34 bits per heavy atom. The number of carboxylic acid groups (broad SMARTS) is 1. The first-order valence-electron chi connectivity index (χ1n) is 23.3. The lowest BCUT2D eigenvalue weighted by Crippen LogP contribution is -2.49. The molecule has 6 aliphatic heterocycles. The van der Waals surface area contributed by atoms with E-state index in [1.807, 2.05) is 16.1 Å². The number of nitrogens with zero attached hydrogens (tertiary/aromatic N) is 7. The molecular weight excluding hydrogens is 991 g/mol. The van der Waals surface area contributed by atoms with Gasteiger partial charge in [-0.3, -0.25) is 48.4 Å². The molecule has 2 atom stereocenters. The zero-order valence-corrected chi connectivity index (χ0v) is 41.5. The summed E-state index contributed by atoms with van der Waals surface area (Å²) in [5.74, 6) is -2.55. The number of piperazine rings is 2. The molecule has 4 aromatic carbocycles. The fraction of sp³-hybridized carbons (Fsp3) is 0.360. The molecule has 0 aliphatic carbocycles. The third kappa shape index (κ3) is 11.5. The van der Waals surface area contributed by atoms with Gasteiger partial charge in [0.25, 0.3) is 23.6 Å². The van der Waals surface area contributed by atoms with E-state index in [1.54, 1.807) is 84.0 Å². The highest BCUT2D eigenvalue weighted by atomic mass is 32.2. The van der Waals surface area contributed by atoms with Crippen molar-refractivity contribution in [3.8, 4) is 0 Å². The molecule has 19 nitrogen and oxygen atoms in total. The molecule has 0 unspecified atom stereocenters. The summed E-state index contributed by atoms with van der Waals surface area (Å²) >= 11 is 2.79. The van der Waals surface area contributed by atoms with E-state index in [4.69, 9.17) is 14.6 Å². The number of halogens is 2. The maximum atomic E-state index is 15.1. The number of thioether (sulfide) groups is 2. The van der Waals surface area contributed by atoms with E-state index in [1.165, 1.54) is 45.5 Å². The van der Waals surface area contributed by atoms with Crippen molar-refractivity contribution in [3.63, 3.8) is 0 Å². The smallest absolute Gasteiger partial charge is 0.414 e. The standard InChI is InChI=1S/C25H25FN4O5S.C22H21FN4O4.C3H6O2S/c1-36-15-22(31)28-10-8-27(9-11-28)21-7-6-16(12-20(21)26)29-13-17(35-25(29)34)14-30-23(32)18-4-2-3-5-19(18)24(30)33;23-18-11-14(5-6-19(18)25-9-7-24-8-10-25)26-12-15(31-22(26)30)13-27-20(28)16-3-1-2-4-17(16)21(27)29;1-6-2-3(4)5/h2-7,12,17H,8-11,13-15H2,1H3;1-6,11,15,24H,7-10,12-13H2;2H2,1H3,(H,4,5)/t17-;15-;/m11./s1. The molecule has 0 spiro atoms. The summed E-state index contributed by atoms with van der Waals surface area (Å²) in [5, 5.41) is 11.1. The molecule has 4 saturated heterocycles. The first-order chi connectivity index (χ1) is 35.2. The van der Waals surface area contributed by atoms with Crippen molar-refractivity contribution < 1.29 is 61.7 Å². The molecule has 2 N–H and O–H groups in total. The Kier molecular flexibility index (Phi) is 16.5. The average Bonchev–Trinajstić information content (AvgIpc) is 4.09. The van der Waals surface area contributed by atoms with Crippen LogP contribution >= 0.6 is 23.5 Å². The van der Waals surface area contributed by atoms with Gasteiger partial charge >= 0.3 is 18.2 Å². The summed E-state index contributed by atoms with van der Waals surface area (Å²) in [4.78, 5) is 107. The lowest BCUT2D eigenvalue weighted by molar-refractivity contribution is -0.134. The number of carbonyl (C=O) groups excluding carboxylic acids is 7. The second-order valence-electron chi connectivity index (χ2n) is 17.4. The highest BCUT2D eigenvalue weighted by Crippen LogP contribution is 2.32. The summed E-state index contributed by atoms with van der Waals surface area (Å²) in [6.45, 7) is 5.18. The van der Waals surface area contributed by atoms with Gasteiger partial charge in [-0.05, 0) is 73.2 Å². The van der Waals surface area contributed by atoms with E-state index >= 15 is 4.39 Å². The predicted molar refractivity (Wildman–Crippen MR) is 270 cm³/mol.